The Bertz CT molecular complexity index is 310. The van der Waals surface area contributed by atoms with Crippen molar-refractivity contribution >= 4 is 0 Å². The molecule has 0 heterocycles. The summed E-state index contributed by atoms with van der Waals surface area (Å²) >= 11 is 0. The quantitative estimate of drug-likeness (QED) is 0.270. The van der Waals surface area contributed by atoms with Gasteiger partial charge >= 0.3 is 0 Å². The van der Waals surface area contributed by atoms with Crippen LogP contribution < -0.4 is 5.32 Å². The number of rotatable bonds is 11. The molecule has 0 radical (unpaired) electrons. The molecule has 0 unspecified atom stereocenters. The molecule has 0 aromatic carbocycles. The van der Waals surface area contributed by atoms with Gasteiger partial charge in [0.15, 0.2) is 0 Å². The van der Waals surface area contributed by atoms with Gasteiger partial charge in [-0.15, -0.1) is 10.1 Å². The third-order valence-corrected chi connectivity index (χ3v) is 2.82. The van der Waals surface area contributed by atoms with Gasteiger partial charge < -0.3 is 14.9 Å². The summed E-state index contributed by atoms with van der Waals surface area (Å²) in [4.78, 5) is 14.3. The van der Waals surface area contributed by atoms with E-state index in [4.69, 9.17) is 4.74 Å². The van der Waals surface area contributed by atoms with Gasteiger partial charge in [-0.1, -0.05) is 13.8 Å². The van der Waals surface area contributed by atoms with Crippen molar-refractivity contribution in [2.24, 2.45) is 0 Å². The van der Waals surface area contributed by atoms with Crippen molar-refractivity contribution in [3.05, 3.63) is 21.4 Å². The summed E-state index contributed by atoms with van der Waals surface area (Å²) in [5.41, 5.74) is 1.40. The van der Waals surface area contributed by atoms with Crippen molar-refractivity contribution < 1.29 is 14.7 Å². The molecule has 1 rings (SSSR count). The Morgan fingerprint density at radius 2 is 2.11 bits per heavy atom. The predicted octanol–water partition coefficient (Wildman–Crippen LogP) is 2.43. The van der Waals surface area contributed by atoms with Crippen molar-refractivity contribution in [1.29, 1.82) is 0 Å². The third kappa shape index (κ3) is 8.42. The fraction of sp³-hybridized carbons (Fsp3) is 0.846. The van der Waals surface area contributed by atoms with Gasteiger partial charge in [0.2, 0.25) is 0 Å². The maximum Gasteiger partial charge on any atom is 0.294 e. The molecule has 1 saturated carbocycles. The van der Waals surface area contributed by atoms with Crippen LogP contribution in [0.25, 0.3) is 0 Å². The van der Waals surface area contributed by atoms with Crippen LogP contribution in [0.5, 0.6) is 0 Å². The first-order chi connectivity index (χ1) is 9.09. The molecule has 0 aliphatic heterocycles. The van der Waals surface area contributed by atoms with Crippen LogP contribution in [0.3, 0.4) is 0 Å². The highest BCUT2D eigenvalue weighted by atomic mass is 16.9. The Morgan fingerprint density at radius 3 is 2.68 bits per heavy atom. The lowest BCUT2D eigenvalue weighted by Gasteiger charge is -2.12. The Kier molecular flexibility index (Phi) is 7.25. The van der Waals surface area contributed by atoms with Crippen LogP contribution in [-0.2, 0) is 9.57 Å². The van der Waals surface area contributed by atoms with E-state index in [-0.39, 0.29) is 6.61 Å². The van der Waals surface area contributed by atoms with Gasteiger partial charge in [0, 0.05) is 19.0 Å². The standard InChI is InChI=1S/C13H24N2O4/c1-11(2)14-8-10-18-13(12-6-7-12)5-3-4-9-19-15(16)17/h11,14H,3-10H2,1-2H3. The average molecular weight is 272 g/mol. The molecule has 1 aliphatic rings. The summed E-state index contributed by atoms with van der Waals surface area (Å²) in [7, 11) is 0. The highest BCUT2D eigenvalue weighted by molar-refractivity contribution is 5.21. The number of allylic oxidation sites excluding steroid dienone is 2. The first kappa shape index (κ1) is 15.8. The van der Waals surface area contributed by atoms with E-state index in [1.807, 2.05) is 0 Å². The topological polar surface area (TPSA) is 73.6 Å². The lowest BCUT2D eigenvalue weighted by atomic mass is 10.2. The van der Waals surface area contributed by atoms with Crippen LogP contribution in [0.2, 0.25) is 0 Å². The third-order valence-electron chi connectivity index (χ3n) is 2.82. The molecule has 0 bridgehead atoms. The zero-order valence-electron chi connectivity index (χ0n) is 11.8. The van der Waals surface area contributed by atoms with Gasteiger partial charge in [0.05, 0.1) is 12.4 Å². The largest absolute Gasteiger partial charge is 0.497 e. The molecule has 110 valence electrons. The lowest BCUT2D eigenvalue weighted by molar-refractivity contribution is -0.757. The first-order valence-corrected chi connectivity index (χ1v) is 6.94. The Labute approximate surface area is 114 Å². The van der Waals surface area contributed by atoms with Crippen LogP contribution >= 0.6 is 0 Å². The minimum Gasteiger partial charge on any atom is -0.497 e. The number of hydrogen-bond donors (Lipinski definition) is 1. The normalized spacial score (nSPS) is 13.5. The second-order valence-electron chi connectivity index (χ2n) is 5.00. The maximum atomic E-state index is 9.99. The molecular weight excluding hydrogens is 248 g/mol. The van der Waals surface area contributed by atoms with Crippen molar-refractivity contribution in [1.82, 2.24) is 5.32 Å². The summed E-state index contributed by atoms with van der Waals surface area (Å²) in [5.74, 6) is 1.09. The van der Waals surface area contributed by atoms with E-state index in [0.717, 1.165) is 38.0 Å². The lowest BCUT2D eigenvalue weighted by Crippen LogP contribution is -2.26. The van der Waals surface area contributed by atoms with Crippen LogP contribution in [0.4, 0.5) is 0 Å². The van der Waals surface area contributed by atoms with Gasteiger partial charge in [0.25, 0.3) is 5.09 Å². The van der Waals surface area contributed by atoms with Gasteiger partial charge in [-0.3, -0.25) is 0 Å². The zero-order chi connectivity index (χ0) is 14.1. The van der Waals surface area contributed by atoms with Crippen LogP contribution in [0.15, 0.2) is 11.3 Å². The van der Waals surface area contributed by atoms with Crippen molar-refractivity contribution in [3.63, 3.8) is 0 Å². The molecule has 1 aliphatic carbocycles. The highest BCUT2D eigenvalue weighted by Crippen LogP contribution is 2.34. The molecule has 0 aromatic heterocycles. The number of nitrogens with zero attached hydrogens (tertiary/aromatic N) is 1. The smallest absolute Gasteiger partial charge is 0.294 e. The number of nitrogens with one attached hydrogen (secondary N) is 1. The zero-order valence-corrected chi connectivity index (χ0v) is 11.8. The molecule has 1 N–H and O–H groups in total. The Morgan fingerprint density at radius 1 is 1.37 bits per heavy atom. The number of hydrogen-bond acceptors (Lipinski definition) is 5. The molecule has 0 saturated heterocycles. The molecular formula is C13H24N2O4. The van der Waals surface area contributed by atoms with E-state index in [2.05, 4.69) is 24.0 Å². The van der Waals surface area contributed by atoms with E-state index in [9.17, 15) is 10.1 Å². The molecule has 6 heteroatoms. The molecule has 0 aromatic rings. The molecule has 6 nitrogen and oxygen atoms in total. The first-order valence-electron chi connectivity index (χ1n) is 6.94. The van der Waals surface area contributed by atoms with E-state index in [1.165, 1.54) is 5.57 Å². The molecule has 0 atom stereocenters. The van der Waals surface area contributed by atoms with Crippen molar-refractivity contribution in [2.45, 2.75) is 52.0 Å². The summed E-state index contributed by atoms with van der Waals surface area (Å²) < 4.78 is 5.79. The van der Waals surface area contributed by atoms with Gasteiger partial charge in [0.1, 0.15) is 6.61 Å². The summed E-state index contributed by atoms with van der Waals surface area (Å²) in [6, 6.07) is 0.472. The predicted molar refractivity (Wildman–Crippen MR) is 72.1 cm³/mol. The van der Waals surface area contributed by atoms with Crippen LogP contribution in [0.1, 0.15) is 46.0 Å². The number of unbranched alkanes of at least 4 members (excludes halogenated alkanes) is 1. The van der Waals surface area contributed by atoms with Crippen molar-refractivity contribution in [3.8, 4) is 0 Å². The second kappa shape index (κ2) is 8.74. The monoisotopic (exact) mass is 272 g/mol. The van der Waals surface area contributed by atoms with Gasteiger partial charge in [-0.25, -0.2) is 0 Å². The number of ether oxygens (including phenoxy) is 1. The maximum absolute atomic E-state index is 9.99. The van der Waals surface area contributed by atoms with Gasteiger partial charge in [-0.05, 0) is 31.3 Å². The summed E-state index contributed by atoms with van der Waals surface area (Å²) in [6.45, 7) is 5.91. The fourth-order valence-electron chi connectivity index (χ4n) is 1.74. The van der Waals surface area contributed by atoms with Crippen molar-refractivity contribution in [2.75, 3.05) is 19.8 Å². The average Bonchev–Trinajstić information content (AvgIpc) is 3.14. The minimum atomic E-state index is -0.742. The molecule has 1 fully saturated rings. The fourth-order valence-corrected chi connectivity index (χ4v) is 1.74. The SMILES string of the molecule is CC(C)NCCOC(CCCCO[N+](=O)[O-])=C1CC1. The molecule has 0 spiro atoms. The van der Waals surface area contributed by atoms with Crippen LogP contribution in [-0.4, -0.2) is 30.9 Å². The molecule has 19 heavy (non-hydrogen) atoms. The van der Waals surface area contributed by atoms with Crippen LogP contribution in [0, 0.1) is 10.1 Å². The van der Waals surface area contributed by atoms with Gasteiger partial charge in [-0.2, -0.15) is 0 Å². The Hall–Kier alpha value is -1.30. The highest BCUT2D eigenvalue weighted by Gasteiger charge is 2.18. The minimum absolute atomic E-state index is 0.171. The summed E-state index contributed by atoms with van der Waals surface area (Å²) in [5, 5.41) is 12.6. The Balaban J connectivity index is 2.10. The van der Waals surface area contributed by atoms with E-state index < -0.39 is 5.09 Å². The van der Waals surface area contributed by atoms with E-state index in [1.54, 1.807) is 0 Å². The second-order valence-corrected chi connectivity index (χ2v) is 5.00. The van der Waals surface area contributed by atoms with E-state index >= 15 is 0 Å². The summed E-state index contributed by atoms with van der Waals surface area (Å²) in [6.07, 6.45) is 4.68. The molecule has 0 amide bonds. The van der Waals surface area contributed by atoms with E-state index in [0.29, 0.717) is 19.1 Å².